The molecular weight excluding hydrogens is 314 g/mol. The molecule has 24 heavy (non-hydrogen) atoms. The number of carbonyl (C=O) groups is 4. The lowest BCUT2D eigenvalue weighted by molar-refractivity contribution is -0.150. The highest BCUT2D eigenvalue weighted by molar-refractivity contribution is 6.07. The Morgan fingerprint density at radius 2 is 2.08 bits per heavy atom. The van der Waals surface area contributed by atoms with E-state index in [1.807, 2.05) is 0 Å². The van der Waals surface area contributed by atoms with Crippen LogP contribution < -0.4 is 10.6 Å². The summed E-state index contributed by atoms with van der Waals surface area (Å²) < 4.78 is 0. The van der Waals surface area contributed by atoms with Gasteiger partial charge in [-0.1, -0.05) is 6.07 Å². The van der Waals surface area contributed by atoms with Crippen LogP contribution in [-0.4, -0.2) is 45.3 Å². The van der Waals surface area contributed by atoms with E-state index in [0.717, 1.165) is 0 Å². The Morgan fingerprint density at radius 3 is 2.75 bits per heavy atom. The van der Waals surface area contributed by atoms with Gasteiger partial charge in [0.2, 0.25) is 11.8 Å². The molecule has 1 aromatic carbocycles. The molecule has 8 nitrogen and oxygen atoms in total. The molecular formula is C16H17N3O5. The Bertz CT molecular complexity index is 775. The van der Waals surface area contributed by atoms with Gasteiger partial charge in [0.25, 0.3) is 5.91 Å². The van der Waals surface area contributed by atoms with Gasteiger partial charge in [-0.05, 0) is 19.1 Å². The average molecular weight is 331 g/mol. The van der Waals surface area contributed by atoms with E-state index in [4.69, 9.17) is 0 Å². The van der Waals surface area contributed by atoms with E-state index in [2.05, 4.69) is 10.6 Å². The zero-order chi connectivity index (χ0) is 17.6. The number of anilines is 1. The average Bonchev–Trinajstić information content (AvgIpc) is 2.84. The Hall–Kier alpha value is -2.74. The number of fused-ring (bicyclic) bond motifs is 1. The molecule has 0 aromatic heterocycles. The van der Waals surface area contributed by atoms with E-state index < -0.39 is 23.5 Å². The second-order valence-electron chi connectivity index (χ2n) is 6.20. The van der Waals surface area contributed by atoms with Crippen molar-refractivity contribution < 1.29 is 24.3 Å². The number of aliphatic hydroxyl groups is 1. The molecule has 0 bridgehead atoms. The van der Waals surface area contributed by atoms with E-state index in [1.54, 1.807) is 18.2 Å². The van der Waals surface area contributed by atoms with Crippen LogP contribution in [-0.2, 0) is 20.9 Å². The molecule has 1 aromatic rings. The first-order valence-corrected chi connectivity index (χ1v) is 7.47. The van der Waals surface area contributed by atoms with Gasteiger partial charge in [-0.3, -0.25) is 19.2 Å². The summed E-state index contributed by atoms with van der Waals surface area (Å²) in [7, 11) is 0. The van der Waals surface area contributed by atoms with Crippen molar-refractivity contribution in [3.8, 4) is 0 Å². The van der Waals surface area contributed by atoms with Gasteiger partial charge in [0.05, 0.1) is 0 Å². The molecule has 0 spiro atoms. The summed E-state index contributed by atoms with van der Waals surface area (Å²) in [6, 6.07) is 4.93. The Balaban J connectivity index is 1.97. The zero-order valence-corrected chi connectivity index (χ0v) is 13.3. The summed E-state index contributed by atoms with van der Waals surface area (Å²) in [5, 5.41) is 14.3. The summed E-state index contributed by atoms with van der Waals surface area (Å²) in [6.07, 6.45) is -1.81. The monoisotopic (exact) mass is 331 g/mol. The maximum Gasteiger partial charge on any atom is 0.255 e. The SMILES string of the molecule is CC(=O)Nc1cccc2c1CN(C1(C)CC(=O)C(O)NC1=O)C2=O. The van der Waals surface area contributed by atoms with Crippen LogP contribution in [0.3, 0.4) is 0 Å². The van der Waals surface area contributed by atoms with E-state index in [-0.39, 0.29) is 24.8 Å². The summed E-state index contributed by atoms with van der Waals surface area (Å²) in [5.41, 5.74) is 0.0982. The van der Waals surface area contributed by atoms with Gasteiger partial charge in [-0.2, -0.15) is 0 Å². The van der Waals surface area contributed by atoms with Crippen molar-refractivity contribution in [2.45, 2.75) is 38.6 Å². The minimum atomic E-state index is -1.54. The molecule has 1 saturated heterocycles. The maximum absolute atomic E-state index is 12.7. The molecule has 3 rings (SSSR count). The Kier molecular flexibility index (Phi) is 3.64. The number of nitrogens with zero attached hydrogens (tertiary/aromatic N) is 1. The number of Topliss-reactive ketones (excluding diaryl/α,β-unsaturated/α-hetero) is 1. The number of rotatable bonds is 2. The first-order chi connectivity index (χ1) is 11.2. The highest BCUT2D eigenvalue weighted by atomic mass is 16.3. The first-order valence-electron chi connectivity index (χ1n) is 7.47. The Labute approximate surface area is 137 Å². The minimum Gasteiger partial charge on any atom is -0.367 e. The van der Waals surface area contributed by atoms with Crippen LogP contribution in [0.4, 0.5) is 5.69 Å². The van der Waals surface area contributed by atoms with Crippen molar-refractivity contribution in [1.29, 1.82) is 0 Å². The minimum absolute atomic E-state index is 0.0952. The zero-order valence-electron chi connectivity index (χ0n) is 13.3. The third kappa shape index (κ3) is 2.35. The van der Waals surface area contributed by atoms with Crippen molar-refractivity contribution in [2.75, 3.05) is 5.32 Å². The summed E-state index contributed by atoms with van der Waals surface area (Å²) in [6.45, 7) is 2.95. The fourth-order valence-corrected chi connectivity index (χ4v) is 3.13. The van der Waals surface area contributed by atoms with Crippen molar-refractivity contribution in [3.05, 3.63) is 29.3 Å². The third-order valence-electron chi connectivity index (χ3n) is 4.45. The molecule has 0 aliphatic carbocycles. The smallest absolute Gasteiger partial charge is 0.255 e. The van der Waals surface area contributed by atoms with Crippen LogP contribution in [0.2, 0.25) is 0 Å². The number of aliphatic hydroxyl groups excluding tert-OH is 1. The van der Waals surface area contributed by atoms with E-state index in [1.165, 1.54) is 18.7 Å². The van der Waals surface area contributed by atoms with Crippen LogP contribution in [0, 0.1) is 0 Å². The van der Waals surface area contributed by atoms with Gasteiger partial charge in [0, 0.05) is 36.7 Å². The molecule has 8 heteroatoms. The number of ketones is 1. The molecule has 3 N–H and O–H groups in total. The van der Waals surface area contributed by atoms with Crippen LogP contribution in [0.25, 0.3) is 0 Å². The van der Waals surface area contributed by atoms with Crippen LogP contribution in [0.1, 0.15) is 36.2 Å². The van der Waals surface area contributed by atoms with Crippen LogP contribution >= 0.6 is 0 Å². The number of carbonyl (C=O) groups excluding carboxylic acids is 4. The molecule has 2 aliphatic rings. The van der Waals surface area contributed by atoms with Crippen molar-refractivity contribution in [1.82, 2.24) is 10.2 Å². The highest BCUT2D eigenvalue weighted by Gasteiger charge is 2.51. The summed E-state index contributed by atoms with van der Waals surface area (Å²) >= 11 is 0. The van der Waals surface area contributed by atoms with Gasteiger partial charge in [0.15, 0.2) is 12.0 Å². The highest BCUT2D eigenvalue weighted by Crippen LogP contribution is 2.36. The molecule has 3 amide bonds. The number of nitrogens with one attached hydrogen (secondary N) is 2. The predicted octanol–water partition coefficient (Wildman–Crippen LogP) is -0.233. The van der Waals surface area contributed by atoms with Gasteiger partial charge in [-0.15, -0.1) is 0 Å². The lowest BCUT2D eigenvalue weighted by Crippen LogP contribution is -2.65. The van der Waals surface area contributed by atoms with Crippen molar-refractivity contribution in [3.63, 3.8) is 0 Å². The van der Waals surface area contributed by atoms with E-state index >= 15 is 0 Å². The fourth-order valence-electron chi connectivity index (χ4n) is 3.13. The van der Waals surface area contributed by atoms with Crippen LogP contribution in [0.5, 0.6) is 0 Å². The lowest BCUT2D eigenvalue weighted by Gasteiger charge is -2.40. The van der Waals surface area contributed by atoms with Crippen molar-refractivity contribution in [2.24, 2.45) is 0 Å². The van der Waals surface area contributed by atoms with E-state index in [0.29, 0.717) is 16.8 Å². The number of benzene rings is 1. The third-order valence-corrected chi connectivity index (χ3v) is 4.45. The van der Waals surface area contributed by atoms with Gasteiger partial charge >= 0.3 is 0 Å². The predicted molar refractivity (Wildman–Crippen MR) is 82.8 cm³/mol. The quantitative estimate of drug-likeness (QED) is 0.692. The van der Waals surface area contributed by atoms with Crippen molar-refractivity contribution >= 4 is 29.2 Å². The molecule has 2 heterocycles. The van der Waals surface area contributed by atoms with Crippen LogP contribution in [0.15, 0.2) is 18.2 Å². The molecule has 126 valence electrons. The van der Waals surface area contributed by atoms with Gasteiger partial charge in [0.1, 0.15) is 5.54 Å². The second kappa shape index (κ2) is 5.41. The largest absolute Gasteiger partial charge is 0.367 e. The molecule has 2 aliphatic heterocycles. The second-order valence-corrected chi connectivity index (χ2v) is 6.20. The molecule has 2 atom stereocenters. The molecule has 0 radical (unpaired) electrons. The molecule has 0 saturated carbocycles. The molecule has 2 unspecified atom stereocenters. The number of hydrogen-bond donors (Lipinski definition) is 3. The molecule has 1 fully saturated rings. The summed E-state index contributed by atoms with van der Waals surface area (Å²) in [5.74, 6) is -1.80. The summed E-state index contributed by atoms with van der Waals surface area (Å²) in [4.78, 5) is 49.5. The van der Waals surface area contributed by atoms with Gasteiger partial charge in [-0.25, -0.2) is 0 Å². The normalized spacial score (nSPS) is 26.2. The standard InChI is InChI=1S/C16H17N3O5/c1-8(20)17-11-5-3-4-9-10(11)7-19(14(9)23)16(2)6-12(21)13(22)18-15(16)24/h3-5,13,22H,6-7H2,1-2H3,(H,17,20)(H,18,24). The topological polar surface area (TPSA) is 116 Å². The number of piperidine rings is 1. The van der Waals surface area contributed by atoms with E-state index in [9.17, 15) is 24.3 Å². The number of amides is 3. The number of hydrogen-bond acceptors (Lipinski definition) is 5. The first kappa shape index (κ1) is 16.1. The fraction of sp³-hybridized carbons (Fsp3) is 0.375. The maximum atomic E-state index is 12.7. The van der Waals surface area contributed by atoms with Gasteiger partial charge < -0.3 is 20.6 Å². The lowest BCUT2D eigenvalue weighted by atomic mass is 9.88. The Morgan fingerprint density at radius 1 is 1.38 bits per heavy atom.